The Morgan fingerprint density at radius 3 is 2.67 bits per heavy atom. The second-order valence-corrected chi connectivity index (χ2v) is 7.11. The molecule has 1 aromatic heterocycles. The highest BCUT2D eigenvalue weighted by Gasteiger charge is 2.22. The van der Waals surface area contributed by atoms with Crippen molar-refractivity contribution >= 4 is 5.97 Å². The monoisotopic (exact) mass is 408 g/mol. The van der Waals surface area contributed by atoms with Gasteiger partial charge in [0.05, 0.1) is 37.4 Å². The Labute approximate surface area is 173 Å². The molecule has 6 nitrogen and oxygen atoms in total. The quantitative estimate of drug-likeness (QED) is 0.514. The molecule has 0 unspecified atom stereocenters. The van der Waals surface area contributed by atoms with Crippen LogP contribution in [0.2, 0.25) is 0 Å². The van der Waals surface area contributed by atoms with Crippen LogP contribution in [0.1, 0.15) is 28.8 Å². The lowest BCUT2D eigenvalue weighted by atomic mass is 10.1. The number of carbonyl (C=O) groups is 1. The molecule has 0 atom stereocenters. The molecule has 0 radical (unpaired) electrons. The van der Waals surface area contributed by atoms with Crippen LogP contribution in [0.15, 0.2) is 54.9 Å². The Kier molecular flexibility index (Phi) is 5.88. The number of nitrogens with zero attached hydrogens (tertiary/aromatic N) is 2. The zero-order chi connectivity index (χ0) is 20.9. The molecule has 1 aliphatic rings. The van der Waals surface area contributed by atoms with Crippen molar-refractivity contribution in [3.63, 3.8) is 0 Å². The molecule has 1 fully saturated rings. The van der Waals surface area contributed by atoms with Gasteiger partial charge in [-0.2, -0.15) is 0 Å². The summed E-state index contributed by atoms with van der Waals surface area (Å²) in [5, 5.41) is 0. The van der Waals surface area contributed by atoms with Crippen molar-refractivity contribution in [2.75, 3.05) is 13.7 Å². The molecule has 0 N–H and O–H groups in total. The SMILES string of the molecule is COC(=O)c1ccc(COc2cccc(-c3cnc(OCC4CC4)cn3)c2)c(F)c1. The number of esters is 1. The minimum atomic E-state index is -0.584. The molecule has 3 aromatic rings. The summed E-state index contributed by atoms with van der Waals surface area (Å²) >= 11 is 0. The lowest BCUT2D eigenvalue weighted by Crippen LogP contribution is -2.04. The topological polar surface area (TPSA) is 70.5 Å². The molecule has 1 aliphatic carbocycles. The first-order valence-electron chi connectivity index (χ1n) is 9.67. The van der Waals surface area contributed by atoms with Gasteiger partial charge in [0.25, 0.3) is 0 Å². The van der Waals surface area contributed by atoms with Crippen LogP contribution in [-0.4, -0.2) is 29.7 Å². The van der Waals surface area contributed by atoms with E-state index in [0.29, 0.717) is 35.4 Å². The molecule has 154 valence electrons. The van der Waals surface area contributed by atoms with Crippen molar-refractivity contribution in [2.45, 2.75) is 19.4 Å². The number of carbonyl (C=O) groups excluding carboxylic acids is 1. The van der Waals surface area contributed by atoms with E-state index < -0.39 is 11.8 Å². The standard InChI is InChI=1S/C23H21FN2O4/c1-28-23(27)17-7-8-18(20(24)10-17)14-29-19-4-2-3-16(9-19)21-11-26-22(12-25-21)30-13-15-5-6-15/h2-4,7-12,15H,5-6,13-14H2,1H3. The summed E-state index contributed by atoms with van der Waals surface area (Å²) in [6.07, 6.45) is 5.71. The first-order valence-corrected chi connectivity index (χ1v) is 9.67. The summed E-state index contributed by atoms with van der Waals surface area (Å²) in [5.41, 5.74) is 2.01. The molecule has 1 heterocycles. The summed E-state index contributed by atoms with van der Waals surface area (Å²) in [6.45, 7) is 0.713. The van der Waals surface area contributed by atoms with Gasteiger partial charge in [0.2, 0.25) is 5.88 Å². The van der Waals surface area contributed by atoms with Gasteiger partial charge in [-0.3, -0.25) is 0 Å². The lowest BCUT2D eigenvalue weighted by Gasteiger charge is -2.10. The largest absolute Gasteiger partial charge is 0.489 e. The van der Waals surface area contributed by atoms with Gasteiger partial charge in [0, 0.05) is 11.1 Å². The van der Waals surface area contributed by atoms with E-state index in [1.54, 1.807) is 18.5 Å². The van der Waals surface area contributed by atoms with Crippen LogP contribution in [0, 0.1) is 11.7 Å². The van der Waals surface area contributed by atoms with E-state index >= 15 is 0 Å². The van der Waals surface area contributed by atoms with E-state index in [4.69, 9.17) is 9.47 Å². The Balaban J connectivity index is 1.40. The van der Waals surface area contributed by atoms with Gasteiger partial charge in [-0.15, -0.1) is 0 Å². The van der Waals surface area contributed by atoms with Crippen LogP contribution in [0.3, 0.4) is 0 Å². The van der Waals surface area contributed by atoms with Crippen LogP contribution in [0.5, 0.6) is 11.6 Å². The minimum absolute atomic E-state index is 0.0242. The maximum atomic E-state index is 14.2. The molecular formula is C23H21FN2O4. The molecule has 0 amide bonds. The van der Waals surface area contributed by atoms with E-state index in [1.807, 2.05) is 18.2 Å². The number of hydrogen-bond donors (Lipinski definition) is 0. The van der Waals surface area contributed by atoms with Gasteiger partial charge < -0.3 is 14.2 Å². The number of halogens is 1. The predicted molar refractivity (Wildman–Crippen MR) is 108 cm³/mol. The fraction of sp³-hybridized carbons (Fsp3) is 0.261. The van der Waals surface area contributed by atoms with Crippen LogP contribution in [0.25, 0.3) is 11.3 Å². The third kappa shape index (κ3) is 4.92. The number of hydrogen-bond acceptors (Lipinski definition) is 6. The number of ether oxygens (including phenoxy) is 3. The maximum absolute atomic E-state index is 14.2. The summed E-state index contributed by atoms with van der Waals surface area (Å²) < 4.78 is 30.2. The zero-order valence-corrected chi connectivity index (χ0v) is 16.5. The van der Waals surface area contributed by atoms with Gasteiger partial charge in [0.1, 0.15) is 18.2 Å². The van der Waals surface area contributed by atoms with Gasteiger partial charge >= 0.3 is 5.97 Å². The minimum Gasteiger partial charge on any atom is -0.489 e. The zero-order valence-electron chi connectivity index (χ0n) is 16.5. The maximum Gasteiger partial charge on any atom is 0.337 e. The van der Waals surface area contributed by atoms with E-state index in [0.717, 1.165) is 11.6 Å². The Morgan fingerprint density at radius 2 is 1.97 bits per heavy atom. The van der Waals surface area contributed by atoms with Crippen LogP contribution < -0.4 is 9.47 Å². The van der Waals surface area contributed by atoms with Gasteiger partial charge in [-0.25, -0.2) is 19.2 Å². The molecule has 0 bridgehead atoms. The number of methoxy groups -OCH3 is 1. The Bertz CT molecular complexity index is 1040. The molecule has 4 rings (SSSR count). The van der Waals surface area contributed by atoms with Crippen molar-refractivity contribution in [3.8, 4) is 22.9 Å². The molecule has 30 heavy (non-hydrogen) atoms. The van der Waals surface area contributed by atoms with E-state index in [-0.39, 0.29) is 12.2 Å². The highest BCUT2D eigenvalue weighted by molar-refractivity contribution is 5.89. The van der Waals surface area contributed by atoms with Crippen molar-refractivity contribution in [2.24, 2.45) is 5.92 Å². The first-order chi connectivity index (χ1) is 14.6. The highest BCUT2D eigenvalue weighted by atomic mass is 19.1. The molecule has 1 saturated carbocycles. The van der Waals surface area contributed by atoms with Gasteiger partial charge in [-0.1, -0.05) is 18.2 Å². The van der Waals surface area contributed by atoms with Crippen molar-refractivity contribution in [1.82, 2.24) is 9.97 Å². The summed E-state index contributed by atoms with van der Waals surface area (Å²) in [6, 6.07) is 11.5. The average Bonchev–Trinajstić information content (AvgIpc) is 3.61. The van der Waals surface area contributed by atoms with Gasteiger partial charge in [-0.05, 0) is 43.0 Å². The molecule has 0 saturated heterocycles. The van der Waals surface area contributed by atoms with E-state index in [2.05, 4.69) is 14.7 Å². The normalized spacial score (nSPS) is 13.0. The second-order valence-electron chi connectivity index (χ2n) is 7.11. The molecule has 2 aromatic carbocycles. The fourth-order valence-corrected chi connectivity index (χ4v) is 2.84. The Morgan fingerprint density at radius 1 is 1.10 bits per heavy atom. The van der Waals surface area contributed by atoms with Crippen molar-refractivity contribution in [3.05, 3.63) is 71.8 Å². The van der Waals surface area contributed by atoms with E-state index in [9.17, 15) is 9.18 Å². The van der Waals surface area contributed by atoms with Crippen LogP contribution >= 0.6 is 0 Å². The number of aromatic nitrogens is 2. The van der Waals surface area contributed by atoms with Crippen molar-refractivity contribution in [1.29, 1.82) is 0 Å². The molecular weight excluding hydrogens is 387 g/mol. The van der Waals surface area contributed by atoms with Gasteiger partial charge in [0.15, 0.2) is 0 Å². The molecule has 0 aliphatic heterocycles. The van der Waals surface area contributed by atoms with Crippen LogP contribution in [-0.2, 0) is 11.3 Å². The summed E-state index contributed by atoms with van der Waals surface area (Å²) in [4.78, 5) is 20.2. The predicted octanol–water partition coefficient (Wildman–Crippen LogP) is 4.44. The first kappa shape index (κ1) is 19.8. The fourth-order valence-electron chi connectivity index (χ4n) is 2.84. The average molecular weight is 408 g/mol. The highest BCUT2D eigenvalue weighted by Crippen LogP contribution is 2.29. The number of rotatable bonds is 8. The molecule has 0 spiro atoms. The summed E-state index contributed by atoms with van der Waals surface area (Å²) in [7, 11) is 1.25. The van der Waals surface area contributed by atoms with E-state index in [1.165, 1.54) is 32.1 Å². The van der Waals surface area contributed by atoms with Crippen molar-refractivity contribution < 1.29 is 23.4 Å². The Hall–Kier alpha value is -3.48. The van der Waals surface area contributed by atoms with Crippen LogP contribution in [0.4, 0.5) is 4.39 Å². The third-order valence-electron chi connectivity index (χ3n) is 4.79. The number of benzene rings is 2. The smallest absolute Gasteiger partial charge is 0.337 e. The third-order valence-corrected chi connectivity index (χ3v) is 4.79. The second kappa shape index (κ2) is 8.90. The lowest BCUT2D eigenvalue weighted by molar-refractivity contribution is 0.0600. The summed E-state index contributed by atoms with van der Waals surface area (Å²) in [5.74, 6) is 0.631. The molecule has 7 heteroatoms.